The predicted octanol–water partition coefficient (Wildman–Crippen LogP) is 8.38. The molecule has 95 heavy (non-hydrogen) atoms. The van der Waals surface area contributed by atoms with Crippen molar-refractivity contribution in [3.05, 3.63) is 65.7 Å². The molecule has 13 atom stereocenters. The number of aliphatic hydroxyl groups is 1. The first kappa shape index (κ1) is 82.7. The first-order valence-electron chi connectivity index (χ1n) is 34.8. The normalized spacial score (nSPS) is 18.8. The predicted molar refractivity (Wildman–Crippen MR) is 371 cm³/mol. The summed E-state index contributed by atoms with van der Waals surface area (Å²) in [5, 5.41) is 22.4. The van der Waals surface area contributed by atoms with Gasteiger partial charge in [-0.05, 0) is 120 Å². The lowest BCUT2D eigenvalue weighted by molar-refractivity contribution is -0.148. The number of urea groups is 1. The fourth-order valence-corrected chi connectivity index (χ4v) is 13.8. The molecule has 0 spiro atoms. The molecule has 1 aliphatic carbocycles. The molecule has 0 aromatic heterocycles. The summed E-state index contributed by atoms with van der Waals surface area (Å²) in [6.45, 7) is 21.4. The fourth-order valence-electron chi connectivity index (χ4n) is 13.8. The van der Waals surface area contributed by atoms with E-state index in [-0.39, 0.29) is 126 Å². The van der Waals surface area contributed by atoms with Gasteiger partial charge in [0.05, 0.1) is 42.6 Å². The van der Waals surface area contributed by atoms with E-state index < -0.39 is 65.9 Å². The highest BCUT2D eigenvalue weighted by Crippen LogP contribution is 2.34. The van der Waals surface area contributed by atoms with Gasteiger partial charge in [-0.3, -0.25) is 52.8 Å². The number of hydrogen-bond acceptors (Lipinski definition) is 15. The van der Waals surface area contributed by atoms with Crippen LogP contribution in [0.5, 0.6) is 0 Å². The Bertz CT molecular complexity index is 2800. The van der Waals surface area contributed by atoms with Gasteiger partial charge in [0.2, 0.25) is 23.6 Å². The van der Waals surface area contributed by atoms with Gasteiger partial charge in [0.25, 0.3) is 0 Å². The first-order chi connectivity index (χ1) is 44.8. The van der Waals surface area contributed by atoms with Crippen molar-refractivity contribution in [3.8, 4) is 0 Å². The number of aliphatic hydroxyl groups excluding tert-OH is 1. The van der Waals surface area contributed by atoms with Crippen LogP contribution in [0, 0.1) is 59.2 Å². The highest BCUT2D eigenvalue weighted by Gasteiger charge is 2.44. The Labute approximate surface area is 567 Å². The summed E-state index contributed by atoms with van der Waals surface area (Å²) in [4.78, 5) is 147. The molecule has 1 saturated carbocycles. The molecule has 2 unspecified atom stereocenters. The molecule has 2 fully saturated rings. The van der Waals surface area contributed by atoms with Crippen molar-refractivity contribution in [1.82, 2.24) is 30.7 Å². The molecule has 6 amide bonds. The van der Waals surface area contributed by atoms with Crippen molar-refractivity contribution in [3.63, 3.8) is 0 Å². The molecule has 0 radical (unpaired) electrons. The molecule has 1 heterocycles. The number of primary amides is 1. The Morgan fingerprint density at radius 2 is 1.41 bits per heavy atom. The number of unbranched alkanes of at least 4 members (excludes halogenated alkanes) is 2. The van der Waals surface area contributed by atoms with Gasteiger partial charge < -0.3 is 46.6 Å². The van der Waals surface area contributed by atoms with E-state index in [1.54, 1.807) is 69.1 Å². The quantitative estimate of drug-likeness (QED) is 0.0269. The molecular formula is C74H118N8O13. The number of Topliss-reactive ketones (excluding diaryl/α,β-unsaturated/α-hetero) is 6. The molecule has 7 N–H and O–H groups in total. The fraction of sp³-hybridized carbons (Fsp3) is 0.689. The second-order valence-electron chi connectivity index (χ2n) is 28.1. The van der Waals surface area contributed by atoms with Crippen LogP contribution < -0.4 is 27.0 Å². The number of carbonyl (C=O) groups is 11. The van der Waals surface area contributed by atoms with Gasteiger partial charge >= 0.3 is 6.03 Å². The van der Waals surface area contributed by atoms with Crippen LogP contribution in [0.3, 0.4) is 0 Å². The van der Waals surface area contributed by atoms with Crippen molar-refractivity contribution in [1.29, 1.82) is 0 Å². The molecule has 532 valence electrons. The lowest BCUT2D eigenvalue weighted by atomic mass is 9.83. The van der Waals surface area contributed by atoms with E-state index in [9.17, 15) is 57.8 Å². The largest absolute Gasteiger partial charge is 0.396 e. The zero-order valence-corrected chi connectivity index (χ0v) is 60.1. The van der Waals surface area contributed by atoms with Gasteiger partial charge in [-0.15, -0.1) is 0 Å². The molecule has 0 bridgehead atoms. The average Bonchev–Trinajstić information content (AvgIpc) is 1.81. The van der Waals surface area contributed by atoms with Crippen LogP contribution in [0.2, 0.25) is 0 Å². The standard InChI is InChI=1S/C55H88N8O9.C19H30O4/c1-13-36(6)51(62(11)54(70)41(34(2)3)31-47(66)50(35(4)5)61(9)10)48(72-12)32-49(67)63-28-18-22-45(63)42(33-64)37(7)52(68)60-44(29-38-19-15-14-16-20-38)46(65)30-39-23-25-40(26-24-39)59-53(69)43(57-8)21-17-27-58-55(56)71;1-12(2)17(14(4)20)11-15(21)8-6-5-7-9-16-18(22)10-13(3)19(16)23/h14-16,19-20,23-26,34-37,41-45,48,50-51,57,64H,13,17-18,21-22,27-33H2,1-12H3,(H,59,69)(H,60,68)(H3,56,58,71);12-13,16-17H,5-11H2,1-4H3/t36-,37+,41-,42+,43-,44-,45-,48+,50-,51-;13?,16?,17-/m00/s1. The summed E-state index contributed by atoms with van der Waals surface area (Å²) in [6, 6.07) is 13.0. The number of likely N-dealkylation sites (tertiary alicyclic amines) is 1. The molecule has 21 heteroatoms. The summed E-state index contributed by atoms with van der Waals surface area (Å²) in [6.07, 6.45) is 6.87. The van der Waals surface area contributed by atoms with Crippen LogP contribution in [0.15, 0.2) is 54.6 Å². The Kier molecular flexibility index (Phi) is 36.1. The number of rotatable bonds is 41. The number of methoxy groups -OCH3 is 1. The molecule has 1 aliphatic heterocycles. The van der Waals surface area contributed by atoms with E-state index >= 15 is 0 Å². The smallest absolute Gasteiger partial charge is 0.312 e. The van der Waals surface area contributed by atoms with Crippen LogP contribution >= 0.6 is 0 Å². The van der Waals surface area contributed by atoms with Crippen LogP contribution in [0.25, 0.3) is 0 Å². The number of nitrogens with two attached hydrogens (primary N) is 1. The molecular weight excluding hydrogens is 1210 g/mol. The topological polar surface area (TPSA) is 301 Å². The van der Waals surface area contributed by atoms with Gasteiger partial charge in [0.1, 0.15) is 23.1 Å². The van der Waals surface area contributed by atoms with Gasteiger partial charge in [0.15, 0.2) is 11.6 Å². The SMILES string of the molecule is CC(=O)[C@@H](CC(=O)CCCCCC1C(=O)CC(C)C1=O)C(C)C.CC[C@H](C)[C@@H]([C@@H](CC(=O)N1CCC[C@H]1[C@H](CO)[C@@H](C)C(=O)N[C@@H](Cc1ccccc1)C(=O)Cc1ccc(NC(=O)[C@H](CCCNC(N)=O)NC)cc1)OC)N(C)C(=O)[C@@H](CC(=O)[C@H](C(C)C)N(C)C)C(C)C. The highest BCUT2D eigenvalue weighted by atomic mass is 16.5. The van der Waals surface area contributed by atoms with Crippen molar-refractivity contribution in [2.45, 2.75) is 215 Å². The number of carbonyl (C=O) groups excluding carboxylic acids is 11. The van der Waals surface area contributed by atoms with Crippen molar-refractivity contribution in [2.75, 3.05) is 60.3 Å². The minimum atomic E-state index is -0.902. The van der Waals surface area contributed by atoms with Crippen LogP contribution in [-0.2, 0) is 65.5 Å². The van der Waals surface area contributed by atoms with E-state index in [1.165, 1.54) is 0 Å². The molecule has 2 aliphatic rings. The van der Waals surface area contributed by atoms with Gasteiger partial charge in [-0.25, -0.2) is 4.79 Å². The number of nitrogens with zero attached hydrogens (tertiary/aromatic N) is 3. The Morgan fingerprint density at radius 1 is 0.768 bits per heavy atom. The molecule has 21 nitrogen and oxygen atoms in total. The summed E-state index contributed by atoms with van der Waals surface area (Å²) in [7, 11) is 8.73. The molecule has 2 aromatic rings. The first-order valence-corrected chi connectivity index (χ1v) is 34.8. The van der Waals surface area contributed by atoms with E-state index in [0.29, 0.717) is 82.1 Å². The van der Waals surface area contributed by atoms with Crippen molar-refractivity contribution in [2.24, 2.45) is 64.9 Å². The maximum absolute atomic E-state index is 14.5. The summed E-state index contributed by atoms with van der Waals surface area (Å²) >= 11 is 0. The molecule has 2 aromatic carbocycles. The third kappa shape index (κ3) is 26.1. The maximum Gasteiger partial charge on any atom is 0.312 e. The van der Waals surface area contributed by atoms with E-state index in [2.05, 4.69) is 21.3 Å². The highest BCUT2D eigenvalue weighted by molar-refractivity contribution is 6.09. The van der Waals surface area contributed by atoms with Crippen LogP contribution in [0.1, 0.15) is 177 Å². The van der Waals surface area contributed by atoms with Gasteiger partial charge in [-0.2, -0.15) is 0 Å². The minimum Gasteiger partial charge on any atom is -0.396 e. The Balaban J connectivity index is 0.000000858. The Morgan fingerprint density at radius 3 is 1.94 bits per heavy atom. The van der Waals surface area contributed by atoms with Crippen molar-refractivity contribution < 1.29 is 62.6 Å². The number of likely N-dealkylation sites (N-methyl/N-ethyl adjacent to an activating group) is 3. The van der Waals surface area contributed by atoms with E-state index in [4.69, 9.17) is 10.5 Å². The number of amides is 6. The van der Waals surface area contributed by atoms with Crippen LogP contribution in [-0.4, -0.2) is 175 Å². The zero-order chi connectivity index (χ0) is 71.4. The number of hydrogen-bond donors (Lipinski definition) is 6. The second kappa shape index (κ2) is 41.5. The van der Waals surface area contributed by atoms with Crippen molar-refractivity contribution >= 4 is 70.0 Å². The number of ketones is 6. The summed E-state index contributed by atoms with van der Waals surface area (Å²) in [5.74, 6) is -3.41. The van der Waals surface area contributed by atoms with E-state index in [1.807, 2.05) is 112 Å². The minimum absolute atomic E-state index is 0.00508. The maximum atomic E-state index is 14.5. The third-order valence-electron chi connectivity index (χ3n) is 19.7. The molecule has 1 saturated heterocycles. The van der Waals surface area contributed by atoms with Crippen LogP contribution in [0.4, 0.5) is 10.5 Å². The second-order valence-corrected chi connectivity index (χ2v) is 28.1. The number of benzene rings is 2. The monoisotopic (exact) mass is 1330 g/mol. The van der Waals surface area contributed by atoms with E-state index in [0.717, 1.165) is 24.8 Å². The van der Waals surface area contributed by atoms with Gasteiger partial charge in [-0.1, -0.05) is 131 Å². The summed E-state index contributed by atoms with van der Waals surface area (Å²) in [5.41, 5.74) is 7.21. The summed E-state index contributed by atoms with van der Waals surface area (Å²) < 4.78 is 6.09. The number of nitrogens with one attached hydrogen (secondary N) is 4. The Hall–Kier alpha value is -6.55. The lowest BCUT2D eigenvalue weighted by Gasteiger charge is -2.41. The number of anilines is 1. The third-order valence-corrected chi connectivity index (χ3v) is 19.7. The number of ether oxygens (including phenoxy) is 1. The molecule has 4 rings (SSSR count). The lowest BCUT2D eigenvalue weighted by Crippen LogP contribution is -2.54. The average molecular weight is 1330 g/mol. The zero-order valence-electron chi connectivity index (χ0n) is 60.1. The van der Waals surface area contributed by atoms with Gasteiger partial charge in [0, 0.05) is 107 Å².